The minimum atomic E-state index is 0.721. The molecule has 0 saturated carbocycles. The van der Waals surface area contributed by atoms with Gasteiger partial charge in [-0.3, -0.25) is 0 Å². The summed E-state index contributed by atoms with van der Waals surface area (Å²) < 4.78 is 0. The average molecular weight is 175 g/mol. The van der Waals surface area contributed by atoms with Crippen molar-refractivity contribution in [3.8, 4) is 0 Å². The largest absolute Gasteiger partial charge is 0.399 e. The van der Waals surface area contributed by atoms with Crippen LogP contribution in [-0.4, -0.2) is 25.5 Å². The molecule has 1 radical (unpaired) electrons. The van der Waals surface area contributed by atoms with Gasteiger partial charge >= 0.3 is 0 Å². The molecule has 0 atom stereocenters. The number of benzene rings is 1. The van der Waals surface area contributed by atoms with Crippen molar-refractivity contribution in [2.45, 2.75) is 6.54 Å². The van der Waals surface area contributed by atoms with Gasteiger partial charge in [-0.15, -0.1) is 0 Å². The zero-order chi connectivity index (χ0) is 9.68. The van der Waals surface area contributed by atoms with Gasteiger partial charge in [-0.2, -0.15) is 0 Å². The van der Waals surface area contributed by atoms with Crippen LogP contribution in [0.2, 0.25) is 0 Å². The molecule has 0 amide bonds. The third kappa shape index (κ3) is 3.30. The summed E-state index contributed by atoms with van der Waals surface area (Å²) in [5.74, 6) is 0. The first-order valence-corrected chi connectivity index (χ1v) is 4.05. The molecular weight excluding hydrogens is 163 g/mol. The van der Waals surface area contributed by atoms with Crippen molar-refractivity contribution in [3.63, 3.8) is 0 Å². The van der Waals surface area contributed by atoms with E-state index in [1.807, 2.05) is 36.1 Å². The number of hydrogen-bond acceptors (Lipinski definition) is 3. The first-order chi connectivity index (χ1) is 6.22. The summed E-state index contributed by atoms with van der Waals surface area (Å²) in [5, 5.41) is 0. The molecule has 4 heteroatoms. The molecule has 13 heavy (non-hydrogen) atoms. The van der Waals surface area contributed by atoms with E-state index in [-0.39, 0.29) is 0 Å². The summed E-state index contributed by atoms with van der Waals surface area (Å²) in [4.78, 5) is 12.0. The Morgan fingerprint density at radius 2 is 2.08 bits per heavy atom. The molecular formula is C9H12BN2O. The second-order valence-corrected chi connectivity index (χ2v) is 2.94. The highest BCUT2D eigenvalue weighted by atomic mass is 16.1. The molecule has 1 aromatic rings. The van der Waals surface area contributed by atoms with Gasteiger partial charge in [0.25, 0.3) is 7.41 Å². The van der Waals surface area contributed by atoms with E-state index in [2.05, 4.69) is 0 Å². The van der Waals surface area contributed by atoms with Crippen LogP contribution in [-0.2, 0) is 11.3 Å². The highest BCUT2D eigenvalue weighted by molar-refractivity contribution is 6.64. The summed E-state index contributed by atoms with van der Waals surface area (Å²) in [6.45, 7) is 0.721. The maximum Gasteiger partial charge on any atom is 0.293 e. The zero-order valence-electron chi connectivity index (χ0n) is 7.60. The Morgan fingerprint density at radius 3 is 2.62 bits per heavy atom. The third-order valence-corrected chi connectivity index (χ3v) is 1.73. The SMILES string of the molecule is CN([B]C=O)Cc1ccc(N)cc1. The second-order valence-electron chi connectivity index (χ2n) is 2.94. The number of nitrogens with two attached hydrogens (primary N) is 1. The first kappa shape index (κ1) is 9.80. The predicted octanol–water partition coefficient (Wildman–Crippen LogP) is 0.510. The van der Waals surface area contributed by atoms with Crippen molar-refractivity contribution >= 4 is 19.3 Å². The number of nitrogens with zero attached hydrogens (tertiary/aromatic N) is 1. The fourth-order valence-corrected chi connectivity index (χ4v) is 1.07. The number of nitrogen functional groups attached to an aromatic ring is 1. The van der Waals surface area contributed by atoms with Crippen LogP contribution in [0.15, 0.2) is 24.3 Å². The predicted molar refractivity (Wildman–Crippen MR) is 54.8 cm³/mol. The van der Waals surface area contributed by atoms with E-state index in [1.54, 1.807) is 0 Å². The van der Waals surface area contributed by atoms with Gasteiger partial charge in [-0.1, -0.05) is 12.1 Å². The standard InChI is InChI=1S/C9H12BN2O/c1-12(10-7-13)6-8-2-4-9(11)5-3-8/h2-5,7H,6,11H2,1H3. The Balaban J connectivity index is 2.53. The summed E-state index contributed by atoms with van der Waals surface area (Å²) in [7, 11) is 3.35. The van der Waals surface area contributed by atoms with E-state index in [4.69, 9.17) is 5.73 Å². The Bertz CT molecular complexity index is 273. The molecule has 0 heterocycles. The lowest BCUT2D eigenvalue weighted by Crippen LogP contribution is -2.23. The Kier molecular flexibility index (Phi) is 3.52. The number of hydrogen-bond donors (Lipinski definition) is 1. The number of carbonyl (C=O) groups is 1. The van der Waals surface area contributed by atoms with E-state index >= 15 is 0 Å². The van der Waals surface area contributed by atoms with Crippen molar-refractivity contribution < 1.29 is 4.79 Å². The molecule has 0 aliphatic heterocycles. The van der Waals surface area contributed by atoms with E-state index in [9.17, 15) is 4.79 Å². The maximum atomic E-state index is 10.1. The fraction of sp³-hybridized carbons (Fsp3) is 0.222. The van der Waals surface area contributed by atoms with Gasteiger partial charge in [0.05, 0.1) is 6.19 Å². The van der Waals surface area contributed by atoms with E-state index in [0.29, 0.717) is 0 Å². The molecule has 0 unspecified atom stereocenters. The van der Waals surface area contributed by atoms with Crippen molar-refractivity contribution in [3.05, 3.63) is 29.8 Å². The maximum absolute atomic E-state index is 10.1. The quantitative estimate of drug-likeness (QED) is 0.412. The minimum absolute atomic E-state index is 0.721. The molecule has 0 aliphatic rings. The lowest BCUT2D eigenvalue weighted by atomic mass is 9.95. The van der Waals surface area contributed by atoms with Crippen LogP contribution in [0.3, 0.4) is 0 Å². The van der Waals surface area contributed by atoms with Crippen LogP contribution in [0.1, 0.15) is 5.56 Å². The Labute approximate surface area is 78.8 Å². The number of rotatable bonds is 4. The zero-order valence-corrected chi connectivity index (χ0v) is 7.60. The molecule has 1 rings (SSSR count). The summed E-state index contributed by atoms with van der Waals surface area (Å²) in [6, 6.07) is 7.60. The summed E-state index contributed by atoms with van der Waals surface area (Å²) in [6.07, 6.45) is 0.775. The van der Waals surface area contributed by atoms with E-state index < -0.39 is 0 Å². The van der Waals surface area contributed by atoms with Crippen LogP contribution >= 0.6 is 0 Å². The van der Waals surface area contributed by atoms with Crippen LogP contribution < -0.4 is 5.73 Å². The number of anilines is 1. The smallest absolute Gasteiger partial charge is 0.293 e. The van der Waals surface area contributed by atoms with Crippen molar-refractivity contribution in [2.75, 3.05) is 12.8 Å². The first-order valence-electron chi connectivity index (χ1n) is 4.05. The van der Waals surface area contributed by atoms with Crippen molar-refractivity contribution in [1.82, 2.24) is 4.81 Å². The second kappa shape index (κ2) is 4.67. The molecule has 67 valence electrons. The lowest BCUT2D eigenvalue weighted by molar-refractivity contribution is 0.526. The third-order valence-electron chi connectivity index (χ3n) is 1.73. The average Bonchev–Trinajstić information content (AvgIpc) is 2.09. The van der Waals surface area contributed by atoms with Crippen LogP contribution in [0.4, 0.5) is 5.69 Å². The van der Waals surface area contributed by atoms with Gasteiger partial charge < -0.3 is 15.3 Å². The normalized spacial score (nSPS) is 10.0. The van der Waals surface area contributed by atoms with Gasteiger partial charge in [-0.25, -0.2) is 0 Å². The van der Waals surface area contributed by atoms with E-state index in [0.717, 1.165) is 24.0 Å². The highest BCUT2D eigenvalue weighted by Gasteiger charge is 2.00. The topological polar surface area (TPSA) is 46.3 Å². The molecule has 0 aliphatic carbocycles. The molecule has 0 spiro atoms. The molecule has 3 nitrogen and oxygen atoms in total. The monoisotopic (exact) mass is 175 g/mol. The Hall–Kier alpha value is -1.29. The molecule has 1 aromatic carbocycles. The fourth-order valence-electron chi connectivity index (χ4n) is 1.07. The van der Waals surface area contributed by atoms with Crippen molar-refractivity contribution in [1.29, 1.82) is 0 Å². The van der Waals surface area contributed by atoms with Gasteiger partial charge in [0.2, 0.25) is 0 Å². The summed E-state index contributed by atoms with van der Waals surface area (Å²) >= 11 is 0. The minimum Gasteiger partial charge on any atom is -0.399 e. The van der Waals surface area contributed by atoms with E-state index in [1.165, 1.54) is 7.41 Å². The molecule has 0 bridgehead atoms. The molecule has 2 N–H and O–H groups in total. The van der Waals surface area contributed by atoms with Gasteiger partial charge in [-0.05, 0) is 24.7 Å². The van der Waals surface area contributed by atoms with Gasteiger partial charge in [0.15, 0.2) is 0 Å². The van der Waals surface area contributed by atoms with Crippen LogP contribution in [0, 0.1) is 0 Å². The highest BCUT2D eigenvalue weighted by Crippen LogP contribution is 2.06. The van der Waals surface area contributed by atoms with Crippen LogP contribution in [0.25, 0.3) is 0 Å². The molecule has 0 fully saturated rings. The molecule has 0 saturated heterocycles. The van der Waals surface area contributed by atoms with Crippen molar-refractivity contribution in [2.24, 2.45) is 0 Å². The summed E-state index contributed by atoms with van der Waals surface area (Å²) in [5.41, 5.74) is 7.43. The van der Waals surface area contributed by atoms with Crippen LogP contribution in [0.5, 0.6) is 0 Å². The van der Waals surface area contributed by atoms with Gasteiger partial charge in [0, 0.05) is 12.2 Å². The molecule has 0 aromatic heterocycles. The Morgan fingerprint density at radius 1 is 1.46 bits per heavy atom. The number of carbonyl (C=O) groups excluding carboxylic acids is 1. The van der Waals surface area contributed by atoms with Gasteiger partial charge in [0.1, 0.15) is 0 Å². The lowest BCUT2D eigenvalue weighted by Gasteiger charge is -2.12.